The molecule has 0 spiro atoms. The smallest absolute Gasteiger partial charge is 0.132 e. The molecule has 0 fully saturated rings. The van der Waals surface area contributed by atoms with E-state index >= 15 is 0 Å². The van der Waals surface area contributed by atoms with Gasteiger partial charge in [-0.25, -0.2) is 0 Å². The molecular formula is C19H22N2. The van der Waals surface area contributed by atoms with Gasteiger partial charge in [-0.2, -0.15) is 0 Å². The fourth-order valence-electron chi connectivity index (χ4n) is 2.82. The third kappa shape index (κ3) is 2.94. The van der Waals surface area contributed by atoms with E-state index < -0.39 is 0 Å². The van der Waals surface area contributed by atoms with E-state index in [-0.39, 0.29) is 6.17 Å². The van der Waals surface area contributed by atoms with Crippen molar-refractivity contribution in [1.82, 2.24) is 4.90 Å². The standard InChI is InChI=1S/C19H22N2/c1-2-3-14-20-15-16-21(18-12-8-5-9-13-18)19(20)17-10-6-4-7-11-17/h4-13,15-16,19H,2-3,14H2,1H3. The Bertz CT molecular complexity index is 577. The topological polar surface area (TPSA) is 6.48 Å². The van der Waals surface area contributed by atoms with Crippen LogP contribution in [0.4, 0.5) is 5.69 Å². The summed E-state index contributed by atoms with van der Waals surface area (Å²) in [4.78, 5) is 4.79. The summed E-state index contributed by atoms with van der Waals surface area (Å²) in [5.74, 6) is 0. The van der Waals surface area contributed by atoms with E-state index in [1.807, 2.05) is 0 Å². The Hall–Kier alpha value is -2.22. The van der Waals surface area contributed by atoms with Crippen LogP contribution in [0.25, 0.3) is 0 Å². The van der Waals surface area contributed by atoms with E-state index in [0.29, 0.717) is 0 Å². The van der Waals surface area contributed by atoms with E-state index in [1.54, 1.807) is 0 Å². The number of hydrogen-bond acceptors (Lipinski definition) is 2. The molecule has 0 amide bonds. The van der Waals surface area contributed by atoms with Crippen LogP contribution in [0.1, 0.15) is 31.5 Å². The van der Waals surface area contributed by atoms with Crippen molar-refractivity contribution in [3.63, 3.8) is 0 Å². The monoisotopic (exact) mass is 278 g/mol. The van der Waals surface area contributed by atoms with Crippen molar-refractivity contribution in [3.05, 3.63) is 78.6 Å². The van der Waals surface area contributed by atoms with Crippen LogP contribution < -0.4 is 4.90 Å². The molecule has 2 aromatic rings. The van der Waals surface area contributed by atoms with Crippen LogP contribution in [0, 0.1) is 0 Å². The Balaban J connectivity index is 1.91. The zero-order chi connectivity index (χ0) is 14.5. The van der Waals surface area contributed by atoms with Crippen LogP contribution in [0.15, 0.2) is 73.1 Å². The van der Waals surface area contributed by atoms with Gasteiger partial charge in [0.25, 0.3) is 0 Å². The molecule has 0 saturated heterocycles. The van der Waals surface area contributed by atoms with Gasteiger partial charge in [0.1, 0.15) is 6.17 Å². The second kappa shape index (κ2) is 6.49. The first kappa shape index (κ1) is 13.7. The Labute approximate surface area is 127 Å². The third-order valence-electron chi connectivity index (χ3n) is 3.92. The number of benzene rings is 2. The van der Waals surface area contributed by atoms with Gasteiger partial charge in [0.2, 0.25) is 0 Å². The predicted molar refractivity (Wildman–Crippen MR) is 88.9 cm³/mol. The summed E-state index contributed by atoms with van der Waals surface area (Å²) >= 11 is 0. The van der Waals surface area contributed by atoms with Gasteiger partial charge in [-0.3, -0.25) is 0 Å². The van der Waals surface area contributed by atoms with Gasteiger partial charge in [-0.05, 0) is 24.1 Å². The van der Waals surface area contributed by atoms with Crippen molar-refractivity contribution in [2.75, 3.05) is 11.4 Å². The summed E-state index contributed by atoms with van der Waals surface area (Å²) < 4.78 is 0. The molecule has 0 aliphatic carbocycles. The number of rotatable bonds is 5. The van der Waals surface area contributed by atoms with Crippen molar-refractivity contribution >= 4 is 5.69 Å². The van der Waals surface area contributed by atoms with Crippen molar-refractivity contribution in [3.8, 4) is 0 Å². The lowest BCUT2D eigenvalue weighted by molar-refractivity contribution is 0.300. The van der Waals surface area contributed by atoms with Gasteiger partial charge in [0.05, 0.1) is 0 Å². The minimum atomic E-state index is 0.264. The Kier molecular flexibility index (Phi) is 4.25. The molecule has 0 radical (unpaired) electrons. The van der Waals surface area contributed by atoms with Gasteiger partial charge in [-0.1, -0.05) is 61.9 Å². The van der Waals surface area contributed by atoms with Crippen LogP contribution >= 0.6 is 0 Å². The highest BCUT2D eigenvalue weighted by molar-refractivity contribution is 5.53. The minimum absolute atomic E-state index is 0.264. The van der Waals surface area contributed by atoms with Crippen LogP contribution in [0.5, 0.6) is 0 Å². The maximum Gasteiger partial charge on any atom is 0.132 e. The molecule has 1 unspecified atom stereocenters. The number of hydrogen-bond donors (Lipinski definition) is 0. The second-order valence-electron chi connectivity index (χ2n) is 5.42. The highest BCUT2D eigenvalue weighted by Gasteiger charge is 2.28. The van der Waals surface area contributed by atoms with Crippen LogP contribution in [-0.2, 0) is 0 Å². The molecule has 0 aromatic heterocycles. The average molecular weight is 278 g/mol. The van der Waals surface area contributed by atoms with Gasteiger partial charge >= 0.3 is 0 Å². The van der Waals surface area contributed by atoms with E-state index in [0.717, 1.165) is 6.54 Å². The Morgan fingerprint density at radius 2 is 1.52 bits per heavy atom. The highest BCUT2D eigenvalue weighted by atomic mass is 15.4. The first-order chi connectivity index (χ1) is 10.4. The normalized spacial score (nSPS) is 17.5. The number of anilines is 1. The molecule has 1 heterocycles. The highest BCUT2D eigenvalue weighted by Crippen LogP contribution is 2.35. The molecule has 1 atom stereocenters. The van der Waals surface area contributed by atoms with Crippen LogP contribution in [0.3, 0.4) is 0 Å². The first-order valence-corrected chi connectivity index (χ1v) is 7.72. The lowest BCUT2D eigenvalue weighted by atomic mass is 10.1. The lowest BCUT2D eigenvalue weighted by Gasteiger charge is -2.33. The quantitative estimate of drug-likeness (QED) is 0.776. The molecule has 21 heavy (non-hydrogen) atoms. The van der Waals surface area contributed by atoms with E-state index in [4.69, 9.17) is 0 Å². The molecule has 108 valence electrons. The summed E-state index contributed by atoms with van der Waals surface area (Å²) in [6.07, 6.45) is 7.12. The summed E-state index contributed by atoms with van der Waals surface area (Å²) in [5, 5.41) is 0. The fraction of sp³-hybridized carbons (Fsp3) is 0.263. The zero-order valence-corrected chi connectivity index (χ0v) is 12.5. The Morgan fingerprint density at radius 3 is 2.19 bits per heavy atom. The number of nitrogens with zero attached hydrogens (tertiary/aromatic N) is 2. The molecule has 2 nitrogen and oxygen atoms in total. The van der Waals surface area contributed by atoms with Crippen LogP contribution in [0.2, 0.25) is 0 Å². The van der Waals surface area contributed by atoms with Gasteiger partial charge in [0, 0.05) is 24.6 Å². The maximum atomic E-state index is 2.44. The molecule has 3 rings (SSSR count). The maximum absolute atomic E-state index is 2.44. The van der Waals surface area contributed by atoms with E-state index in [2.05, 4.69) is 89.8 Å². The molecule has 2 aromatic carbocycles. The summed E-state index contributed by atoms with van der Waals surface area (Å²) in [6, 6.07) is 21.3. The first-order valence-electron chi connectivity index (χ1n) is 7.72. The summed E-state index contributed by atoms with van der Waals surface area (Å²) in [5.41, 5.74) is 2.57. The number of unbranched alkanes of at least 4 members (excludes halogenated alkanes) is 1. The molecular weight excluding hydrogens is 256 g/mol. The van der Waals surface area contributed by atoms with Crippen molar-refractivity contribution < 1.29 is 0 Å². The second-order valence-corrected chi connectivity index (χ2v) is 5.42. The molecule has 1 aliphatic rings. The van der Waals surface area contributed by atoms with Gasteiger partial charge < -0.3 is 9.80 Å². The fourth-order valence-corrected chi connectivity index (χ4v) is 2.82. The van der Waals surface area contributed by atoms with Crippen molar-refractivity contribution in [1.29, 1.82) is 0 Å². The van der Waals surface area contributed by atoms with Crippen molar-refractivity contribution in [2.45, 2.75) is 25.9 Å². The summed E-state index contributed by atoms with van der Waals surface area (Å²) in [6.45, 7) is 3.34. The molecule has 2 heteroatoms. The number of para-hydroxylation sites is 1. The molecule has 1 aliphatic heterocycles. The van der Waals surface area contributed by atoms with Gasteiger partial charge in [0.15, 0.2) is 0 Å². The lowest BCUT2D eigenvalue weighted by Crippen LogP contribution is -2.31. The average Bonchev–Trinajstić information content (AvgIpc) is 2.98. The van der Waals surface area contributed by atoms with Gasteiger partial charge in [-0.15, -0.1) is 0 Å². The van der Waals surface area contributed by atoms with Crippen molar-refractivity contribution in [2.24, 2.45) is 0 Å². The van der Waals surface area contributed by atoms with Crippen LogP contribution in [-0.4, -0.2) is 11.4 Å². The molecule has 0 saturated carbocycles. The SMILES string of the molecule is CCCCN1C=CN(c2ccccc2)C1c1ccccc1. The largest absolute Gasteiger partial charge is 0.352 e. The Morgan fingerprint density at radius 1 is 0.857 bits per heavy atom. The predicted octanol–water partition coefficient (Wildman–Crippen LogP) is 4.78. The zero-order valence-electron chi connectivity index (χ0n) is 12.5. The molecule has 0 bridgehead atoms. The van der Waals surface area contributed by atoms with E-state index in [9.17, 15) is 0 Å². The minimum Gasteiger partial charge on any atom is -0.352 e. The third-order valence-corrected chi connectivity index (χ3v) is 3.92. The van der Waals surface area contributed by atoms with E-state index in [1.165, 1.54) is 24.1 Å². The summed E-state index contributed by atoms with van der Waals surface area (Å²) in [7, 11) is 0. The molecule has 0 N–H and O–H groups in total.